The molecule has 4 aliphatic carbocycles. The van der Waals surface area contributed by atoms with Crippen LogP contribution >= 0.6 is 0 Å². The minimum absolute atomic E-state index is 0.0136. The zero-order chi connectivity index (χ0) is 12.2. The molecular weight excluding hydrogens is 212 g/mol. The zero-order valence-corrected chi connectivity index (χ0v) is 11.0. The number of allylic oxidation sites excluding steroid dienone is 2. The highest BCUT2D eigenvalue weighted by molar-refractivity contribution is 5.73. The summed E-state index contributed by atoms with van der Waals surface area (Å²) in [6.07, 6.45) is 7.02. The second-order valence-corrected chi connectivity index (χ2v) is 6.56. The molecule has 0 radical (unpaired) electrons. The molecule has 4 atom stereocenters. The first-order valence-electron chi connectivity index (χ1n) is 6.83. The first-order chi connectivity index (χ1) is 8.05. The minimum Gasteiger partial charge on any atom is -0.469 e. The van der Waals surface area contributed by atoms with Crippen LogP contribution in [-0.4, -0.2) is 13.1 Å². The van der Waals surface area contributed by atoms with Crippen molar-refractivity contribution in [3.8, 4) is 0 Å². The van der Waals surface area contributed by atoms with E-state index in [9.17, 15) is 4.79 Å². The Morgan fingerprint density at radius 3 is 2.82 bits per heavy atom. The largest absolute Gasteiger partial charge is 0.469 e. The molecule has 0 spiro atoms. The van der Waals surface area contributed by atoms with Crippen LogP contribution in [0.2, 0.25) is 0 Å². The van der Waals surface area contributed by atoms with Gasteiger partial charge in [-0.3, -0.25) is 4.79 Å². The third-order valence-electron chi connectivity index (χ3n) is 5.69. The number of hydrogen-bond acceptors (Lipinski definition) is 2. The molecule has 4 rings (SSSR count). The summed E-state index contributed by atoms with van der Waals surface area (Å²) in [5.74, 6) is 2.20. The molecule has 4 unspecified atom stereocenters. The van der Waals surface area contributed by atoms with Gasteiger partial charge in [0.1, 0.15) is 0 Å². The van der Waals surface area contributed by atoms with Gasteiger partial charge >= 0.3 is 5.97 Å². The number of esters is 1. The first-order valence-corrected chi connectivity index (χ1v) is 6.83. The molecular formula is C15H22O2. The smallest absolute Gasteiger partial charge is 0.309 e. The molecule has 2 nitrogen and oxygen atoms in total. The molecule has 0 aromatic heterocycles. The Bertz CT molecular complexity index is 380. The van der Waals surface area contributed by atoms with E-state index in [0.717, 1.165) is 24.7 Å². The van der Waals surface area contributed by atoms with Gasteiger partial charge in [0.05, 0.1) is 13.0 Å². The van der Waals surface area contributed by atoms with E-state index in [2.05, 4.69) is 19.9 Å². The van der Waals surface area contributed by atoms with E-state index in [0.29, 0.717) is 11.3 Å². The summed E-state index contributed by atoms with van der Waals surface area (Å²) in [6, 6.07) is 0. The van der Waals surface area contributed by atoms with Gasteiger partial charge in [0, 0.05) is 0 Å². The number of carbonyl (C=O) groups is 1. The molecule has 4 aliphatic rings. The summed E-state index contributed by atoms with van der Waals surface area (Å²) in [5, 5.41) is 0. The average Bonchev–Trinajstić information content (AvgIpc) is 2.36. The summed E-state index contributed by atoms with van der Waals surface area (Å²) in [7, 11) is 1.52. The van der Waals surface area contributed by atoms with E-state index in [4.69, 9.17) is 4.74 Å². The number of rotatable bonds is 1. The van der Waals surface area contributed by atoms with Gasteiger partial charge in [-0.15, -0.1) is 0 Å². The molecule has 0 N–H and O–H groups in total. The third kappa shape index (κ3) is 1.42. The van der Waals surface area contributed by atoms with Crippen molar-refractivity contribution in [3.05, 3.63) is 11.6 Å². The molecule has 0 saturated heterocycles. The average molecular weight is 234 g/mol. The Hall–Kier alpha value is -0.790. The molecule has 94 valence electrons. The topological polar surface area (TPSA) is 26.3 Å². The van der Waals surface area contributed by atoms with Gasteiger partial charge in [0.25, 0.3) is 0 Å². The second kappa shape index (κ2) is 3.60. The zero-order valence-electron chi connectivity index (χ0n) is 11.0. The fourth-order valence-corrected chi connectivity index (χ4v) is 4.44. The second-order valence-electron chi connectivity index (χ2n) is 6.56. The van der Waals surface area contributed by atoms with Crippen molar-refractivity contribution in [2.75, 3.05) is 7.11 Å². The van der Waals surface area contributed by atoms with Gasteiger partial charge in [-0.25, -0.2) is 0 Å². The predicted molar refractivity (Wildman–Crippen MR) is 66.3 cm³/mol. The molecule has 0 aromatic rings. The van der Waals surface area contributed by atoms with Crippen LogP contribution in [0, 0.1) is 29.1 Å². The third-order valence-corrected chi connectivity index (χ3v) is 5.69. The lowest BCUT2D eigenvalue weighted by atomic mass is 9.43. The lowest BCUT2D eigenvalue weighted by Crippen LogP contribution is -2.54. The van der Waals surface area contributed by atoms with Crippen LogP contribution in [0.15, 0.2) is 11.6 Å². The van der Waals surface area contributed by atoms with E-state index < -0.39 is 0 Å². The van der Waals surface area contributed by atoms with Crippen LogP contribution in [0.5, 0.6) is 0 Å². The molecule has 3 saturated carbocycles. The van der Waals surface area contributed by atoms with Crippen LogP contribution in [0.1, 0.15) is 39.5 Å². The predicted octanol–water partition coefficient (Wildman–Crippen LogP) is 3.18. The minimum atomic E-state index is 0.0136. The van der Waals surface area contributed by atoms with Gasteiger partial charge in [-0.2, -0.15) is 0 Å². The van der Waals surface area contributed by atoms with Crippen molar-refractivity contribution in [1.82, 2.24) is 0 Å². The molecule has 0 aromatic carbocycles. The Morgan fingerprint density at radius 2 is 2.18 bits per heavy atom. The standard InChI is InChI=1S/C15H22O2/c1-15(2)9-7-12-10(13(15)8-9)5-4-6-11(12)14(16)17-3/h5,9,11-13H,4,6-8H2,1-3H3. The van der Waals surface area contributed by atoms with E-state index in [1.54, 1.807) is 5.57 Å². The van der Waals surface area contributed by atoms with Crippen molar-refractivity contribution in [1.29, 1.82) is 0 Å². The summed E-state index contributed by atoms with van der Waals surface area (Å²) in [5.41, 5.74) is 2.06. The number of carbonyl (C=O) groups excluding carboxylic acids is 1. The maximum absolute atomic E-state index is 11.9. The Morgan fingerprint density at radius 1 is 1.41 bits per heavy atom. The van der Waals surface area contributed by atoms with Crippen molar-refractivity contribution in [3.63, 3.8) is 0 Å². The van der Waals surface area contributed by atoms with E-state index in [1.165, 1.54) is 20.0 Å². The van der Waals surface area contributed by atoms with E-state index in [-0.39, 0.29) is 11.9 Å². The highest BCUT2D eigenvalue weighted by atomic mass is 16.5. The van der Waals surface area contributed by atoms with Gasteiger partial charge < -0.3 is 4.74 Å². The van der Waals surface area contributed by atoms with Gasteiger partial charge in [0.2, 0.25) is 0 Å². The summed E-state index contributed by atoms with van der Waals surface area (Å²) < 4.78 is 4.97. The van der Waals surface area contributed by atoms with Crippen molar-refractivity contribution < 1.29 is 9.53 Å². The fraction of sp³-hybridized carbons (Fsp3) is 0.800. The van der Waals surface area contributed by atoms with Crippen molar-refractivity contribution in [2.45, 2.75) is 39.5 Å². The van der Waals surface area contributed by atoms with Crippen LogP contribution in [0.4, 0.5) is 0 Å². The summed E-state index contributed by atoms with van der Waals surface area (Å²) in [6.45, 7) is 4.79. The number of ether oxygens (including phenoxy) is 1. The lowest BCUT2D eigenvalue weighted by molar-refractivity contribution is -0.150. The molecule has 0 heterocycles. The lowest BCUT2D eigenvalue weighted by Gasteiger charge is -2.61. The van der Waals surface area contributed by atoms with Crippen LogP contribution in [0.3, 0.4) is 0 Å². The summed E-state index contributed by atoms with van der Waals surface area (Å²) >= 11 is 0. The van der Waals surface area contributed by atoms with E-state index in [1.807, 2.05) is 0 Å². The Kier molecular flexibility index (Phi) is 2.39. The Labute approximate surface area is 103 Å². The van der Waals surface area contributed by atoms with Gasteiger partial charge in [-0.05, 0) is 48.9 Å². The Balaban J connectivity index is 1.87. The van der Waals surface area contributed by atoms with Crippen LogP contribution < -0.4 is 0 Å². The molecule has 3 fully saturated rings. The summed E-state index contributed by atoms with van der Waals surface area (Å²) in [4.78, 5) is 11.9. The molecule has 0 aliphatic heterocycles. The monoisotopic (exact) mass is 234 g/mol. The maximum atomic E-state index is 11.9. The van der Waals surface area contributed by atoms with E-state index >= 15 is 0 Å². The number of hydrogen-bond donors (Lipinski definition) is 0. The SMILES string of the molecule is COC(=O)C1CCC=C2C1CC1CC2C1(C)C. The highest BCUT2D eigenvalue weighted by Crippen LogP contribution is 2.65. The molecule has 2 bridgehead atoms. The van der Waals surface area contributed by atoms with Gasteiger partial charge in [-0.1, -0.05) is 25.5 Å². The molecule has 17 heavy (non-hydrogen) atoms. The normalized spacial score (nSPS) is 41.9. The first kappa shape index (κ1) is 11.3. The molecule has 2 heteroatoms. The van der Waals surface area contributed by atoms with Crippen LogP contribution in [-0.2, 0) is 9.53 Å². The van der Waals surface area contributed by atoms with Crippen LogP contribution in [0.25, 0.3) is 0 Å². The quantitative estimate of drug-likeness (QED) is 0.514. The van der Waals surface area contributed by atoms with Crippen molar-refractivity contribution >= 4 is 5.97 Å². The highest BCUT2D eigenvalue weighted by Gasteiger charge is 2.57. The maximum Gasteiger partial charge on any atom is 0.309 e. The number of methoxy groups -OCH3 is 1. The van der Waals surface area contributed by atoms with Gasteiger partial charge in [0.15, 0.2) is 0 Å². The fourth-order valence-electron chi connectivity index (χ4n) is 4.44. The molecule has 0 amide bonds. The van der Waals surface area contributed by atoms with Crippen molar-refractivity contribution in [2.24, 2.45) is 29.1 Å².